The zero-order valence-corrected chi connectivity index (χ0v) is 12.3. The molecule has 0 radical (unpaired) electrons. The van der Waals surface area contributed by atoms with Gasteiger partial charge in [0.1, 0.15) is 0 Å². The first kappa shape index (κ1) is 13.2. The van der Waals surface area contributed by atoms with Crippen LogP contribution in [0.4, 0.5) is 0 Å². The summed E-state index contributed by atoms with van der Waals surface area (Å²) in [5.41, 5.74) is 11.6. The van der Waals surface area contributed by atoms with E-state index in [0.29, 0.717) is 0 Å². The van der Waals surface area contributed by atoms with Gasteiger partial charge < -0.3 is 11.1 Å². The molecule has 106 valence electrons. The lowest BCUT2D eigenvalue weighted by molar-refractivity contribution is -0.113. The van der Waals surface area contributed by atoms with Crippen LogP contribution in [0.15, 0.2) is 18.2 Å². The second-order valence-electron chi connectivity index (χ2n) is 6.63. The Morgan fingerprint density at radius 3 is 2.50 bits per heavy atom. The number of carbonyl (C=O) groups excluding carboxylic acids is 1. The first-order chi connectivity index (χ1) is 9.44. The normalized spacial score (nSPS) is 21.8. The molecule has 0 saturated heterocycles. The van der Waals surface area contributed by atoms with Crippen molar-refractivity contribution in [1.82, 2.24) is 5.32 Å². The minimum Gasteiger partial charge on any atom is -0.379 e. The minimum atomic E-state index is -0.395. The monoisotopic (exact) mass is 270 g/mol. The summed E-state index contributed by atoms with van der Waals surface area (Å²) in [6.45, 7) is 4.31. The fourth-order valence-electron chi connectivity index (χ4n) is 3.44. The van der Waals surface area contributed by atoms with E-state index in [-0.39, 0.29) is 5.54 Å². The molecule has 1 amide bonds. The second-order valence-corrected chi connectivity index (χ2v) is 6.63. The predicted octanol–water partition coefficient (Wildman–Crippen LogP) is 2.32. The number of benzene rings is 1. The molecule has 20 heavy (non-hydrogen) atoms. The molecule has 3 nitrogen and oxygen atoms in total. The molecule has 1 aliphatic carbocycles. The first-order valence-electron chi connectivity index (χ1n) is 7.39. The SMILES string of the molecule is CC1(C)Cc2cc3c(cc2C(=CC(N)=O)N1)CCCC3. The highest BCUT2D eigenvalue weighted by molar-refractivity contribution is 5.94. The number of nitrogens with two attached hydrogens (primary N) is 1. The topological polar surface area (TPSA) is 55.1 Å². The number of carbonyl (C=O) groups is 1. The van der Waals surface area contributed by atoms with Gasteiger partial charge in [-0.15, -0.1) is 0 Å². The van der Waals surface area contributed by atoms with Crippen LogP contribution < -0.4 is 11.1 Å². The van der Waals surface area contributed by atoms with Crippen molar-refractivity contribution in [1.29, 1.82) is 0 Å². The Hall–Kier alpha value is -1.77. The van der Waals surface area contributed by atoms with Crippen molar-refractivity contribution < 1.29 is 4.79 Å². The Morgan fingerprint density at radius 1 is 1.20 bits per heavy atom. The van der Waals surface area contributed by atoms with Crippen LogP contribution in [0.2, 0.25) is 0 Å². The van der Waals surface area contributed by atoms with E-state index >= 15 is 0 Å². The average Bonchev–Trinajstić information content (AvgIpc) is 2.35. The van der Waals surface area contributed by atoms with Crippen LogP contribution in [0.25, 0.3) is 5.70 Å². The number of amides is 1. The van der Waals surface area contributed by atoms with Gasteiger partial charge >= 0.3 is 0 Å². The van der Waals surface area contributed by atoms with Gasteiger partial charge in [-0.05, 0) is 68.7 Å². The Labute approximate surface area is 120 Å². The van der Waals surface area contributed by atoms with Crippen molar-refractivity contribution in [3.05, 3.63) is 40.5 Å². The molecule has 0 atom stereocenters. The minimum absolute atomic E-state index is 0.0445. The van der Waals surface area contributed by atoms with Crippen molar-refractivity contribution in [2.24, 2.45) is 5.73 Å². The summed E-state index contributed by atoms with van der Waals surface area (Å²) in [5.74, 6) is -0.395. The van der Waals surface area contributed by atoms with E-state index in [2.05, 4.69) is 31.3 Å². The van der Waals surface area contributed by atoms with Gasteiger partial charge in [0.2, 0.25) is 5.91 Å². The Kier molecular flexibility index (Phi) is 3.08. The summed E-state index contributed by atoms with van der Waals surface area (Å²) < 4.78 is 0. The summed E-state index contributed by atoms with van der Waals surface area (Å²) in [7, 11) is 0. The van der Waals surface area contributed by atoms with Crippen LogP contribution in [-0.2, 0) is 24.1 Å². The lowest BCUT2D eigenvalue weighted by Gasteiger charge is -2.36. The predicted molar refractivity (Wildman–Crippen MR) is 81.2 cm³/mol. The van der Waals surface area contributed by atoms with Crippen LogP contribution in [0.5, 0.6) is 0 Å². The number of hydrogen-bond acceptors (Lipinski definition) is 2. The van der Waals surface area contributed by atoms with E-state index in [1.54, 1.807) is 0 Å². The van der Waals surface area contributed by atoms with Crippen molar-refractivity contribution in [3.63, 3.8) is 0 Å². The standard InChI is InChI=1S/C17H22N2O/c1-17(2)10-13-7-11-5-3-4-6-12(11)8-14(13)15(19-17)9-16(18)20/h7-9,19H,3-6,10H2,1-2H3,(H2,18,20). The quantitative estimate of drug-likeness (QED) is 0.769. The Morgan fingerprint density at radius 2 is 1.85 bits per heavy atom. The highest BCUT2D eigenvalue weighted by Gasteiger charge is 2.29. The highest BCUT2D eigenvalue weighted by atomic mass is 16.1. The van der Waals surface area contributed by atoms with E-state index in [1.165, 1.54) is 42.0 Å². The number of aryl methyl sites for hydroxylation is 2. The van der Waals surface area contributed by atoms with Crippen molar-refractivity contribution in [2.75, 3.05) is 0 Å². The van der Waals surface area contributed by atoms with Gasteiger partial charge in [0.15, 0.2) is 0 Å². The van der Waals surface area contributed by atoms with E-state index in [9.17, 15) is 4.79 Å². The number of fused-ring (bicyclic) bond motifs is 2. The summed E-state index contributed by atoms with van der Waals surface area (Å²) in [5, 5.41) is 3.45. The lowest BCUT2D eigenvalue weighted by Crippen LogP contribution is -2.44. The number of primary amides is 1. The first-order valence-corrected chi connectivity index (χ1v) is 7.39. The zero-order valence-electron chi connectivity index (χ0n) is 12.3. The summed E-state index contributed by atoms with van der Waals surface area (Å²) in [6, 6.07) is 4.61. The highest BCUT2D eigenvalue weighted by Crippen LogP contribution is 2.34. The molecule has 3 N–H and O–H groups in total. The van der Waals surface area contributed by atoms with E-state index in [1.807, 2.05) is 0 Å². The van der Waals surface area contributed by atoms with Crippen molar-refractivity contribution >= 4 is 11.6 Å². The van der Waals surface area contributed by atoms with Crippen LogP contribution in [-0.4, -0.2) is 11.4 Å². The molecule has 0 spiro atoms. The average molecular weight is 270 g/mol. The van der Waals surface area contributed by atoms with Gasteiger partial charge in [-0.3, -0.25) is 4.79 Å². The van der Waals surface area contributed by atoms with Gasteiger partial charge in [0.05, 0.1) is 0 Å². The fraction of sp³-hybridized carbons (Fsp3) is 0.471. The molecule has 3 heteroatoms. The second kappa shape index (κ2) is 4.65. The van der Waals surface area contributed by atoms with Crippen LogP contribution in [0.1, 0.15) is 48.9 Å². The molecule has 1 aliphatic heterocycles. The molecule has 0 aromatic heterocycles. The largest absolute Gasteiger partial charge is 0.379 e. The van der Waals surface area contributed by atoms with Crippen LogP contribution >= 0.6 is 0 Å². The van der Waals surface area contributed by atoms with E-state index in [4.69, 9.17) is 5.73 Å². The molecule has 1 aromatic rings. The third kappa shape index (κ3) is 2.45. The maximum atomic E-state index is 11.3. The van der Waals surface area contributed by atoms with Crippen LogP contribution in [0.3, 0.4) is 0 Å². The van der Waals surface area contributed by atoms with Crippen molar-refractivity contribution in [2.45, 2.75) is 51.5 Å². The van der Waals surface area contributed by atoms with Gasteiger partial charge in [-0.2, -0.15) is 0 Å². The van der Waals surface area contributed by atoms with Gasteiger partial charge in [0, 0.05) is 22.9 Å². The number of rotatable bonds is 1. The lowest BCUT2D eigenvalue weighted by atomic mass is 9.81. The molecule has 0 fully saturated rings. The smallest absolute Gasteiger partial charge is 0.243 e. The van der Waals surface area contributed by atoms with Gasteiger partial charge in [-0.1, -0.05) is 6.07 Å². The molecule has 1 heterocycles. The molecule has 1 aromatic carbocycles. The Balaban J connectivity index is 2.13. The van der Waals surface area contributed by atoms with E-state index < -0.39 is 5.91 Å². The third-order valence-electron chi connectivity index (χ3n) is 4.25. The molecule has 0 unspecified atom stereocenters. The van der Waals surface area contributed by atoms with Gasteiger partial charge in [-0.25, -0.2) is 0 Å². The molecule has 3 rings (SSSR count). The molecule has 2 aliphatic rings. The number of hydrogen-bond donors (Lipinski definition) is 2. The summed E-state index contributed by atoms with van der Waals surface area (Å²) in [4.78, 5) is 11.3. The maximum Gasteiger partial charge on any atom is 0.243 e. The van der Waals surface area contributed by atoms with Gasteiger partial charge in [0.25, 0.3) is 0 Å². The molecule has 0 saturated carbocycles. The summed E-state index contributed by atoms with van der Waals surface area (Å²) in [6.07, 6.45) is 7.39. The zero-order chi connectivity index (χ0) is 14.3. The van der Waals surface area contributed by atoms with Crippen molar-refractivity contribution in [3.8, 4) is 0 Å². The molecule has 0 bridgehead atoms. The van der Waals surface area contributed by atoms with Crippen LogP contribution in [0, 0.1) is 0 Å². The molecular formula is C17H22N2O. The summed E-state index contributed by atoms with van der Waals surface area (Å²) >= 11 is 0. The van der Waals surface area contributed by atoms with E-state index in [0.717, 1.165) is 24.1 Å². The molecular weight excluding hydrogens is 248 g/mol. The third-order valence-corrected chi connectivity index (χ3v) is 4.25. The Bertz CT molecular complexity index is 599. The maximum absolute atomic E-state index is 11.3. The fourth-order valence-corrected chi connectivity index (χ4v) is 3.44. The number of nitrogens with one attached hydrogen (secondary N) is 1.